The summed E-state index contributed by atoms with van der Waals surface area (Å²) >= 11 is 0. The van der Waals surface area contributed by atoms with Gasteiger partial charge < -0.3 is 14.2 Å². The molecule has 1 amide bonds. The van der Waals surface area contributed by atoms with Crippen LogP contribution in [0.4, 0.5) is 0 Å². The molecule has 2 aromatic rings. The molecule has 0 unspecified atom stereocenters. The van der Waals surface area contributed by atoms with E-state index in [4.69, 9.17) is 4.74 Å². The lowest BCUT2D eigenvalue weighted by Crippen LogP contribution is -2.32. The number of esters is 1. The molecule has 1 fully saturated rings. The maximum absolute atomic E-state index is 12.1. The van der Waals surface area contributed by atoms with E-state index >= 15 is 0 Å². The fourth-order valence-electron chi connectivity index (χ4n) is 3.09. The van der Waals surface area contributed by atoms with E-state index in [1.807, 2.05) is 26.0 Å². The Morgan fingerprint density at radius 2 is 1.54 bits per heavy atom. The Morgan fingerprint density at radius 1 is 0.958 bits per heavy atom. The summed E-state index contributed by atoms with van der Waals surface area (Å²) in [7, 11) is 0. The highest BCUT2D eigenvalue weighted by molar-refractivity contribution is 5.91. The molecule has 2 heterocycles. The Balaban J connectivity index is 1.63. The van der Waals surface area contributed by atoms with Gasteiger partial charge in [-0.3, -0.25) is 4.79 Å². The SMILES string of the molecule is Cc1ccc(C)n1-c1ccc(C(=O)OCC(=O)N2CCCC2)cc1. The second kappa shape index (κ2) is 6.91. The molecular formula is C19H22N2O3. The van der Waals surface area contributed by atoms with Crippen molar-refractivity contribution in [2.75, 3.05) is 19.7 Å². The Morgan fingerprint density at radius 3 is 2.12 bits per heavy atom. The Bertz CT molecular complexity index is 721. The number of amides is 1. The molecule has 24 heavy (non-hydrogen) atoms. The highest BCUT2D eigenvalue weighted by Crippen LogP contribution is 2.17. The molecule has 0 N–H and O–H groups in total. The number of carbonyl (C=O) groups excluding carboxylic acids is 2. The summed E-state index contributed by atoms with van der Waals surface area (Å²) in [6, 6.07) is 11.4. The van der Waals surface area contributed by atoms with Gasteiger partial charge in [-0.2, -0.15) is 0 Å². The van der Waals surface area contributed by atoms with Crippen molar-refractivity contribution >= 4 is 11.9 Å². The van der Waals surface area contributed by atoms with Crippen LogP contribution in [0.15, 0.2) is 36.4 Å². The molecule has 5 nitrogen and oxygen atoms in total. The normalized spacial score (nSPS) is 14.0. The molecule has 0 bridgehead atoms. The number of hydrogen-bond acceptors (Lipinski definition) is 3. The van der Waals surface area contributed by atoms with Crippen molar-refractivity contribution in [2.45, 2.75) is 26.7 Å². The van der Waals surface area contributed by atoms with Crippen molar-refractivity contribution in [1.82, 2.24) is 9.47 Å². The number of benzene rings is 1. The van der Waals surface area contributed by atoms with E-state index in [0.717, 1.165) is 43.0 Å². The average Bonchev–Trinajstić information content (AvgIpc) is 3.23. The molecular weight excluding hydrogens is 304 g/mol. The summed E-state index contributed by atoms with van der Waals surface area (Å²) in [5.74, 6) is -0.578. The molecule has 1 aliphatic heterocycles. The number of hydrogen-bond donors (Lipinski definition) is 0. The Kier molecular flexibility index (Phi) is 4.69. The van der Waals surface area contributed by atoms with Gasteiger partial charge in [-0.1, -0.05) is 0 Å². The maximum Gasteiger partial charge on any atom is 0.338 e. The smallest absolute Gasteiger partial charge is 0.338 e. The van der Waals surface area contributed by atoms with E-state index < -0.39 is 5.97 Å². The predicted molar refractivity (Wildman–Crippen MR) is 91.3 cm³/mol. The van der Waals surface area contributed by atoms with Crippen LogP contribution in [0.1, 0.15) is 34.6 Å². The van der Waals surface area contributed by atoms with E-state index in [-0.39, 0.29) is 12.5 Å². The van der Waals surface area contributed by atoms with E-state index in [9.17, 15) is 9.59 Å². The Hall–Kier alpha value is -2.56. The highest BCUT2D eigenvalue weighted by atomic mass is 16.5. The molecule has 1 aromatic carbocycles. The molecule has 0 radical (unpaired) electrons. The molecule has 126 valence electrons. The minimum Gasteiger partial charge on any atom is -0.452 e. The summed E-state index contributed by atoms with van der Waals surface area (Å²) in [6.07, 6.45) is 2.05. The van der Waals surface area contributed by atoms with Gasteiger partial charge in [0, 0.05) is 30.2 Å². The van der Waals surface area contributed by atoms with Crippen LogP contribution in [-0.4, -0.2) is 41.0 Å². The van der Waals surface area contributed by atoms with E-state index in [1.165, 1.54) is 0 Å². The number of carbonyl (C=O) groups is 2. The molecule has 3 rings (SSSR count). The van der Waals surface area contributed by atoms with Crippen LogP contribution in [0.25, 0.3) is 5.69 Å². The zero-order valence-corrected chi connectivity index (χ0v) is 14.1. The van der Waals surface area contributed by atoms with E-state index in [2.05, 4.69) is 16.7 Å². The highest BCUT2D eigenvalue weighted by Gasteiger charge is 2.19. The second-order valence-electron chi connectivity index (χ2n) is 6.16. The molecule has 0 atom stereocenters. The topological polar surface area (TPSA) is 51.5 Å². The van der Waals surface area contributed by atoms with Crippen LogP contribution in [0.5, 0.6) is 0 Å². The fourth-order valence-corrected chi connectivity index (χ4v) is 3.09. The molecule has 5 heteroatoms. The molecule has 0 spiro atoms. The Labute approximate surface area is 141 Å². The number of ether oxygens (including phenoxy) is 1. The minimum atomic E-state index is -0.463. The number of likely N-dealkylation sites (tertiary alicyclic amines) is 1. The van der Waals surface area contributed by atoms with Crippen molar-refractivity contribution < 1.29 is 14.3 Å². The molecule has 0 saturated carbocycles. The monoisotopic (exact) mass is 326 g/mol. The van der Waals surface area contributed by atoms with Gasteiger partial charge in [0.2, 0.25) is 0 Å². The van der Waals surface area contributed by atoms with Crippen molar-refractivity contribution in [3.8, 4) is 5.69 Å². The van der Waals surface area contributed by atoms with Crippen molar-refractivity contribution in [1.29, 1.82) is 0 Å². The third-order valence-electron chi connectivity index (χ3n) is 4.42. The summed E-state index contributed by atoms with van der Waals surface area (Å²) in [5, 5.41) is 0. The number of nitrogens with zero attached hydrogens (tertiary/aromatic N) is 2. The van der Waals surface area contributed by atoms with Crippen LogP contribution in [0.3, 0.4) is 0 Å². The van der Waals surface area contributed by atoms with Gasteiger partial charge >= 0.3 is 5.97 Å². The number of rotatable bonds is 4. The summed E-state index contributed by atoms with van der Waals surface area (Å²) in [6.45, 7) is 5.43. The van der Waals surface area contributed by atoms with Crippen molar-refractivity contribution in [2.24, 2.45) is 0 Å². The first-order valence-electron chi connectivity index (χ1n) is 8.26. The largest absolute Gasteiger partial charge is 0.452 e. The fraction of sp³-hybridized carbons (Fsp3) is 0.368. The first kappa shape index (κ1) is 16.3. The lowest BCUT2D eigenvalue weighted by Gasteiger charge is -2.15. The van der Waals surface area contributed by atoms with Crippen LogP contribution in [0, 0.1) is 13.8 Å². The van der Waals surface area contributed by atoms with Crippen molar-refractivity contribution in [3.63, 3.8) is 0 Å². The summed E-state index contributed by atoms with van der Waals surface area (Å²) < 4.78 is 7.26. The average molecular weight is 326 g/mol. The quantitative estimate of drug-likeness (QED) is 0.812. The number of aromatic nitrogens is 1. The van der Waals surface area contributed by atoms with Gasteiger partial charge in [0.05, 0.1) is 5.56 Å². The maximum atomic E-state index is 12.1. The predicted octanol–water partition coefficient (Wildman–Crippen LogP) is 2.87. The third-order valence-corrected chi connectivity index (χ3v) is 4.42. The van der Waals surface area contributed by atoms with Gasteiger partial charge in [0.25, 0.3) is 5.91 Å². The van der Waals surface area contributed by atoms with Crippen molar-refractivity contribution in [3.05, 3.63) is 53.3 Å². The first-order valence-corrected chi connectivity index (χ1v) is 8.26. The van der Waals surface area contributed by atoms with Gasteiger partial charge in [-0.25, -0.2) is 4.79 Å². The van der Waals surface area contributed by atoms with Gasteiger partial charge in [0.1, 0.15) is 0 Å². The van der Waals surface area contributed by atoms with E-state index in [1.54, 1.807) is 17.0 Å². The first-order chi connectivity index (χ1) is 11.6. The molecule has 1 saturated heterocycles. The lowest BCUT2D eigenvalue weighted by molar-refractivity contribution is -0.133. The summed E-state index contributed by atoms with van der Waals surface area (Å²) in [5.41, 5.74) is 3.73. The van der Waals surface area contributed by atoms with Gasteiger partial charge in [-0.15, -0.1) is 0 Å². The van der Waals surface area contributed by atoms with Crippen LogP contribution >= 0.6 is 0 Å². The second-order valence-corrected chi connectivity index (χ2v) is 6.16. The lowest BCUT2D eigenvalue weighted by atomic mass is 10.2. The van der Waals surface area contributed by atoms with Gasteiger partial charge in [-0.05, 0) is 63.1 Å². The number of aryl methyl sites for hydroxylation is 2. The standard InChI is InChI=1S/C19H22N2O3/c1-14-5-6-15(2)21(14)17-9-7-16(8-10-17)19(23)24-13-18(22)20-11-3-4-12-20/h5-10H,3-4,11-13H2,1-2H3. The molecule has 0 aliphatic carbocycles. The van der Waals surface area contributed by atoms with E-state index in [0.29, 0.717) is 5.56 Å². The van der Waals surface area contributed by atoms with Crippen LogP contribution < -0.4 is 0 Å². The zero-order chi connectivity index (χ0) is 17.1. The zero-order valence-electron chi connectivity index (χ0n) is 14.1. The summed E-state index contributed by atoms with van der Waals surface area (Å²) in [4.78, 5) is 25.8. The third kappa shape index (κ3) is 3.35. The molecule has 1 aromatic heterocycles. The minimum absolute atomic E-state index is 0.115. The molecule has 1 aliphatic rings. The van der Waals surface area contributed by atoms with Gasteiger partial charge in [0.15, 0.2) is 6.61 Å². The van der Waals surface area contributed by atoms with Crippen LogP contribution in [0.2, 0.25) is 0 Å². The van der Waals surface area contributed by atoms with Crippen LogP contribution in [-0.2, 0) is 9.53 Å².